The molecule has 1 unspecified atom stereocenters. The Hall–Kier alpha value is -2.17. The van der Waals surface area contributed by atoms with Crippen molar-refractivity contribution < 1.29 is 4.79 Å². The van der Waals surface area contributed by atoms with Crippen LogP contribution in [0.3, 0.4) is 0 Å². The van der Waals surface area contributed by atoms with Gasteiger partial charge in [0.25, 0.3) is 11.5 Å². The maximum absolute atomic E-state index is 12.7. The highest BCUT2D eigenvalue weighted by atomic mass is 16.2. The van der Waals surface area contributed by atoms with E-state index in [4.69, 9.17) is 0 Å². The van der Waals surface area contributed by atoms with E-state index in [0.717, 1.165) is 19.3 Å². The minimum atomic E-state index is -0.225. The van der Waals surface area contributed by atoms with Gasteiger partial charge in [-0.05, 0) is 25.3 Å². The van der Waals surface area contributed by atoms with Crippen molar-refractivity contribution >= 4 is 16.7 Å². The lowest BCUT2D eigenvalue weighted by Crippen LogP contribution is -2.38. The van der Waals surface area contributed by atoms with Gasteiger partial charge in [0.1, 0.15) is 0 Å². The molecule has 1 aromatic heterocycles. The largest absolute Gasteiger partial charge is 0.348 e. The van der Waals surface area contributed by atoms with Crippen LogP contribution in [0.1, 0.15) is 57.4 Å². The van der Waals surface area contributed by atoms with Crippen LogP contribution in [0, 0.1) is 5.92 Å². The van der Waals surface area contributed by atoms with Gasteiger partial charge in [-0.25, -0.2) is 4.68 Å². The average Bonchev–Trinajstić information content (AvgIpc) is 2.57. The predicted molar refractivity (Wildman–Crippen MR) is 97.3 cm³/mol. The van der Waals surface area contributed by atoms with Gasteiger partial charge in [-0.2, -0.15) is 5.10 Å². The summed E-state index contributed by atoms with van der Waals surface area (Å²) in [4.78, 5) is 25.3. The topological polar surface area (TPSA) is 64.0 Å². The van der Waals surface area contributed by atoms with Crippen molar-refractivity contribution in [2.24, 2.45) is 5.92 Å². The molecule has 0 spiro atoms. The highest BCUT2D eigenvalue weighted by Crippen LogP contribution is 2.14. The molecule has 24 heavy (non-hydrogen) atoms. The Kier molecular flexibility index (Phi) is 6.12. The molecule has 0 aliphatic carbocycles. The molecule has 2 rings (SSSR count). The first-order valence-electron chi connectivity index (χ1n) is 8.76. The number of aryl methyl sites for hydroxylation is 1. The second kappa shape index (κ2) is 8.08. The molecule has 0 bridgehead atoms. The molecule has 1 N–H and O–H groups in total. The first kappa shape index (κ1) is 18.2. The lowest BCUT2D eigenvalue weighted by atomic mass is 10.1. The summed E-state index contributed by atoms with van der Waals surface area (Å²) < 4.78 is 1.44. The summed E-state index contributed by atoms with van der Waals surface area (Å²) in [5.41, 5.74) is 0.198. The molecule has 0 aliphatic heterocycles. The summed E-state index contributed by atoms with van der Waals surface area (Å²) in [5.74, 6) is 0.104. The number of hydrogen-bond acceptors (Lipinski definition) is 3. The van der Waals surface area contributed by atoms with Crippen LogP contribution in [0.4, 0.5) is 0 Å². The van der Waals surface area contributed by atoms with E-state index in [2.05, 4.69) is 31.2 Å². The van der Waals surface area contributed by atoms with E-state index in [1.54, 1.807) is 12.1 Å². The number of nitrogens with zero attached hydrogens (tertiary/aromatic N) is 2. The maximum atomic E-state index is 12.7. The molecule has 1 atom stereocenters. The number of nitrogens with one attached hydrogen (secondary N) is 1. The lowest BCUT2D eigenvalue weighted by molar-refractivity contribution is 0.0925. The molecule has 0 aliphatic rings. The van der Waals surface area contributed by atoms with Gasteiger partial charge in [0.15, 0.2) is 5.69 Å². The van der Waals surface area contributed by atoms with Gasteiger partial charge >= 0.3 is 0 Å². The van der Waals surface area contributed by atoms with Crippen molar-refractivity contribution in [3.63, 3.8) is 0 Å². The van der Waals surface area contributed by atoms with Crippen molar-refractivity contribution in [3.05, 3.63) is 40.3 Å². The predicted octanol–water partition coefficient (Wildman–Crippen LogP) is 3.36. The molecular formula is C19H27N3O2. The second-order valence-electron chi connectivity index (χ2n) is 6.64. The van der Waals surface area contributed by atoms with Gasteiger partial charge in [0.05, 0.1) is 5.39 Å². The number of unbranched alkanes of at least 4 members (excludes halogenated alkanes) is 2. The van der Waals surface area contributed by atoms with Crippen LogP contribution in [-0.2, 0) is 6.54 Å². The van der Waals surface area contributed by atoms with E-state index < -0.39 is 0 Å². The summed E-state index contributed by atoms with van der Waals surface area (Å²) in [6.45, 7) is 8.74. The molecule has 0 saturated heterocycles. The van der Waals surface area contributed by atoms with Crippen molar-refractivity contribution in [2.75, 3.05) is 0 Å². The van der Waals surface area contributed by atoms with Crippen LogP contribution in [0.25, 0.3) is 10.8 Å². The Labute approximate surface area is 143 Å². The Balaban J connectivity index is 2.45. The third-order valence-electron chi connectivity index (χ3n) is 4.42. The molecule has 5 nitrogen and oxygen atoms in total. The molecule has 1 aromatic carbocycles. The zero-order valence-corrected chi connectivity index (χ0v) is 15.0. The van der Waals surface area contributed by atoms with Crippen LogP contribution < -0.4 is 10.9 Å². The second-order valence-corrected chi connectivity index (χ2v) is 6.64. The van der Waals surface area contributed by atoms with Crippen molar-refractivity contribution in [1.82, 2.24) is 15.1 Å². The first-order chi connectivity index (χ1) is 11.5. The maximum Gasteiger partial charge on any atom is 0.274 e. The molecular weight excluding hydrogens is 302 g/mol. The van der Waals surface area contributed by atoms with Crippen molar-refractivity contribution in [2.45, 2.75) is 59.5 Å². The van der Waals surface area contributed by atoms with Crippen LogP contribution in [0.2, 0.25) is 0 Å². The molecule has 0 saturated carbocycles. The number of rotatable bonds is 7. The smallest absolute Gasteiger partial charge is 0.274 e. The number of fused-ring (bicyclic) bond motifs is 1. The minimum Gasteiger partial charge on any atom is -0.348 e. The van der Waals surface area contributed by atoms with Crippen LogP contribution in [0.5, 0.6) is 0 Å². The van der Waals surface area contributed by atoms with Crippen molar-refractivity contribution in [1.29, 1.82) is 0 Å². The SMILES string of the molecule is CCCCCn1nc(C(=O)NC(C)C(C)C)c2ccccc2c1=O. The zero-order chi connectivity index (χ0) is 17.7. The number of amides is 1. The van der Waals surface area contributed by atoms with Gasteiger partial charge in [0.2, 0.25) is 0 Å². The first-order valence-corrected chi connectivity index (χ1v) is 8.76. The fourth-order valence-corrected chi connectivity index (χ4v) is 2.51. The molecule has 1 heterocycles. The Morgan fingerprint density at radius 2 is 1.83 bits per heavy atom. The van der Waals surface area contributed by atoms with E-state index in [9.17, 15) is 9.59 Å². The molecule has 0 radical (unpaired) electrons. The standard InChI is InChI=1S/C19H27N3O2/c1-5-6-9-12-22-19(24)16-11-8-7-10-15(16)17(21-22)18(23)20-14(4)13(2)3/h7-8,10-11,13-14H,5-6,9,12H2,1-4H3,(H,20,23). The normalized spacial score (nSPS) is 12.5. The molecule has 0 fully saturated rings. The monoisotopic (exact) mass is 329 g/mol. The third-order valence-corrected chi connectivity index (χ3v) is 4.42. The number of carbonyl (C=O) groups excluding carboxylic acids is 1. The number of carbonyl (C=O) groups is 1. The average molecular weight is 329 g/mol. The van der Waals surface area contributed by atoms with E-state index in [-0.39, 0.29) is 17.5 Å². The molecule has 2 aromatic rings. The van der Waals surface area contributed by atoms with Gasteiger partial charge in [-0.15, -0.1) is 0 Å². The van der Waals surface area contributed by atoms with E-state index in [1.165, 1.54) is 4.68 Å². The number of hydrogen-bond donors (Lipinski definition) is 1. The van der Waals surface area contributed by atoms with Crippen molar-refractivity contribution in [3.8, 4) is 0 Å². The zero-order valence-electron chi connectivity index (χ0n) is 15.0. The fraction of sp³-hybridized carbons (Fsp3) is 0.526. The van der Waals surface area contributed by atoms with Gasteiger partial charge < -0.3 is 5.32 Å². The van der Waals surface area contributed by atoms with E-state index in [1.807, 2.05) is 19.1 Å². The Morgan fingerprint density at radius 3 is 2.46 bits per heavy atom. The van der Waals surface area contributed by atoms with Gasteiger partial charge in [0, 0.05) is 18.0 Å². The summed E-state index contributed by atoms with van der Waals surface area (Å²) in [7, 11) is 0. The van der Waals surface area contributed by atoms with Crippen LogP contribution >= 0.6 is 0 Å². The Morgan fingerprint density at radius 1 is 1.17 bits per heavy atom. The van der Waals surface area contributed by atoms with Crippen LogP contribution in [0.15, 0.2) is 29.1 Å². The lowest BCUT2D eigenvalue weighted by Gasteiger charge is -2.18. The summed E-state index contributed by atoms with van der Waals surface area (Å²) in [5, 5.41) is 8.52. The van der Waals surface area contributed by atoms with E-state index in [0.29, 0.717) is 28.9 Å². The third kappa shape index (κ3) is 4.02. The molecule has 5 heteroatoms. The highest BCUT2D eigenvalue weighted by molar-refractivity contribution is 6.04. The van der Waals surface area contributed by atoms with Gasteiger partial charge in [-0.3, -0.25) is 9.59 Å². The number of aromatic nitrogens is 2. The fourth-order valence-electron chi connectivity index (χ4n) is 2.51. The summed E-state index contributed by atoms with van der Waals surface area (Å²) in [6.07, 6.45) is 2.99. The number of benzene rings is 1. The van der Waals surface area contributed by atoms with E-state index >= 15 is 0 Å². The summed E-state index contributed by atoms with van der Waals surface area (Å²) in [6, 6.07) is 7.23. The van der Waals surface area contributed by atoms with Gasteiger partial charge in [-0.1, -0.05) is 51.8 Å². The highest BCUT2D eigenvalue weighted by Gasteiger charge is 2.19. The molecule has 130 valence electrons. The van der Waals surface area contributed by atoms with Crippen LogP contribution in [-0.4, -0.2) is 21.7 Å². The summed E-state index contributed by atoms with van der Waals surface area (Å²) >= 11 is 0. The Bertz CT molecular complexity index is 765. The quantitative estimate of drug-likeness (QED) is 0.792. The molecule has 1 amide bonds. The minimum absolute atomic E-state index is 0.0403.